The minimum absolute atomic E-state index is 0.0987. The lowest BCUT2D eigenvalue weighted by atomic mass is 10.1. The number of nitrogens with one attached hydrogen (secondary N) is 1. The van der Waals surface area contributed by atoms with Crippen LogP contribution in [-0.2, 0) is 16.0 Å². The Bertz CT molecular complexity index is 1250. The molecule has 35 heavy (non-hydrogen) atoms. The van der Waals surface area contributed by atoms with Gasteiger partial charge in [0.1, 0.15) is 5.25 Å². The second-order valence-electron chi connectivity index (χ2n) is 8.63. The Balaban J connectivity index is 1.52. The minimum atomic E-state index is -0.563. The molecule has 1 N–H and O–H groups in total. The molecule has 180 valence electrons. The fourth-order valence-corrected chi connectivity index (χ4v) is 5.28. The molecule has 3 aromatic carbocycles. The molecule has 1 saturated heterocycles. The van der Waals surface area contributed by atoms with Crippen molar-refractivity contribution in [3.05, 3.63) is 94.5 Å². The van der Waals surface area contributed by atoms with Crippen LogP contribution in [0.25, 0.3) is 0 Å². The van der Waals surface area contributed by atoms with E-state index in [1.807, 2.05) is 62.4 Å². The van der Waals surface area contributed by atoms with E-state index in [1.54, 1.807) is 17.0 Å². The van der Waals surface area contributed by atoms with Crippen molar-refractivity contribution in [2.45, 2.75) is 38.4 Å². The number of carbonyl (C=O) groups excluding carboxylic acids is 2. The van der Waals surface area contributed by atoms with Gasteiger partial charge in [-0.15, -0.1) is 0 Å². The zero-order valence-corrected chi connectivity index (χ0v) is 21.4. The van der Waals surface area contributed by atoms with E-state index in [1.165, 1.54) is 17.3 Å². The summed E-state index contributed by atoms with van der Waals surface area (Å²) in [6.45, 7) is 4.51. The van der Waals surface area contributed by atoms with Crippen molar-refractivity contribution in [3.8, 4) is 0 Å². The van der Waals surface area contributed by atoms with Crippen LogP contribution in [0, 0.1) is 13.8 Å². The molecule has 1 aliphatic heterocycles. The van der Waals surface area contributed by atoms with Gasteiger partial charge in [0.15, 0.2) is 5.17 Å². The molecule has 2 amide bonds. The summed E-state index contributed by atoms with van der Waals surface area (Å²) >= 11 is 7.48. The first-order valence-electron chi connectivity index (χ1n) is 11.6. The van der Waals surface area contributed by atoms with Crippen LogP contribution in [0.5, 0.6) is 0 Å². The number of hydrogen-bond acceptors (Lipinski definition) is 4. The van der Waals surface area contributed by atoms with Crippen LogP contribution in [0.2, 0.25) is 5.02 Å². The highest BCUT2D eigenvalue weighted by atomic mass is 35.5. The number of anilines is 1. The SMILES string of the molecule is Cc1ccc(NC(=O)C2CC(=O)N(CCCc3ccccc3)C(=Nc3cccc(Cl)c3)S2)c(C)c1. The fraction of sp³-hybridized carbons (Fsp3) is 0.250. The van der Waals surface area contributed by atoms with E-state index in [4.69, 9.17) is 16.6 Å². The summed E-state index contributed by atoms with van der Waals surface area (Å²) in [5, 5.41) is 3.52. The predicted molar refractivity (Wildman–Crippen MR) is 146 cm³/mol. The van der Waals surface area contributed by atoms with Crippen molar-refractivity contribution in [2.24, 2.45) is 4.99 Å². The molecule has 1 heterocycles. The second kappa shape index (κ2) is 11.6. The molecular formula is C28H28ClN3O2S. The molecule has 1 aliphatic rings. The molecule has 4 rings (SSSR count). The number of nitrogens with zero attached hydrogens (tertiary/aromatic N) is 2. The van der Waals surface area contributed by atoms with Crippen LogP contribution in [0.1, 0.15) is 29.5 Å². The minimum Gasteiger partial charge on any atom is -0.325 e. The quantitative estimate of drug-likeness (QED) is 0.396. The molecule has 3 aromatic rings. The van der Waals surface area contributed by atoms with Gasteiger partial charge in [-0.1, -0.05) is 77.5 Å². The van der Waals surface area contributed by atoms with Crippen molar-refractivity contribution >= 4 is 51.7 Å². The van der Waals surface area contributed by atoms with Crippen molar-refractivity contribution in [3.63, 3.8) is 0 Å². The van der Waals surface area contributed by atoms with Crippen LogP contribution >= 0.6 is 23.4 Å². The summed E-state index contributed by atoms with van der Waals surface area (Å²) in [7, 11) is 0. The molecule has 7 heteroatoms. The standard InChI is InChI=1S/C28H28ClN3O2S/c1-19-13-14-24(20(2)16-19)31-27(34)25-18-26(33)32(15-7-10-21-8-4-3-5-9-21)28(35-25)30-23-12-6-11-22(29)17-23/h3-6,8-9,11-14,16-17,25H,7,10,15,18H2,1-2H3,(H,31,34). The van der Waals surface area contributed by atoms with E-state index in [9.17, 15) is 9.59 Å². The molecule has 1 fully saturated rings. The number of amides is 2. The maximum atomic E-state index is 13.2. The Morgan fingerprint density at radius 1 is 1.09 bits per heavy atom. The number of benzene rings is 3. The third-order valence-electron chi connectivity index (χ3n) is 5.79. The highest BCUT2D eigenvalue weighted by Gasteiger charge is 2.35. The zero-order valence-electron chi connectivity index (χ0n) is 19.8. The smallest absolute Gasteiger partial charge is 0.238 e. The Hall–Kier alpha value is -3.09. The number of rotatable bonds is 7. The molecule has 0 saturated carbocycles. The Morgan fingerprint density at radius 3 is 2.63 bits per heavy atom. The Morgan fingerprint density at radius 2 is 1.89 bits per heavy atom. The van der Waals surface area contributed by atoms with Crippen LogP contribution in [0.4, 0.5) is 11.4 Å². The van der Waals surface area contributed by atoms with Gasteiger partial charge in [-0.05, 0) is 62.1 Å². The maximum absolute atomic E-state index is 13.2. The van der Waals surface area contributed by atoms with E-state index in [0.29, 0.717) is 22.4 Å². The molecular weight excluding hydrogens is 478 g/mol. The lowest BCUT2D eigenvalue weighted by molar-refractivity contribution is -0.129. The molecule has 1 atom stereocenters. The summed E-state index contributed by atoms with van der Waals surface area (Å²) in [6, 6.07) is 23.3. The van der Waals surface area contributed by atoms with Crippen molar-refractivity contribution in [2.75, 3.05) is 11.9 Å². The first kappa shape index (κ1) is 25.0. The Kier molecular flexibility index (Phi) is 8.26. The van der Waals surface area contributed by atoms with Gasteiger partial charge in [0.25, 0.3) is 0 Å². The maximum Gasteiger partial charge on any atom is 0.238 e. The van der Waals surface area contributed by atoms with E-state index in [2.05, 4.69) is 17.4 Å². The molecule has 0 spiro atoms. The first-order chi connectivity index (χ1) is 16.9. The Labute approximate surface area is 215 Å². The molecule has 5 nitrogen and oxygen atoms in total. The van der Waals surface area contributed by atoms with Crippen molar-refractivity contribution in [1.82, 2.24) is 4.90 Å². The average Bonchev–Trinajstić information content (AvgIpc) is 2.83. The van der Waals surface area contributed by atoms with Gasteiger partial charge in [-0.25, -0.2) is 4.99 Å². The third-order valence-corrected chi connectivity index (χ3v) is 7.22. The number of thioether (sulfide) groups is 1. The normalized spacial score (nSPS) is 17.0. The summed E-state index contributed by atoms with van der Waals surface area (Å²) in [5.41, 5.74) is 4.75. The summed E-state index contributed by atoms with van der Waals surface area (Å²) in [6.07, 6.45) is 1.78. The predicted octanol–water partition coefficient (Wildman–Crippen LogP) is 6.55. The van der Waals surface area contributed by atoms with Gasteiger partial charge >= 0.3 is 0 Å². The van der Waals surface area contributed by atoms with E-state index in [-0.39, 0.29) is 18.2 Å². The van der Waals surface area contributed by atoms with Crippen LogP contribution < -0.4 is 5.32 Å². The van der Waals surface area contributed by atoms with Crippen molar-refractivity contribution in [1.29, 1.82) is 0 Å². The average molecular weight is 506 g/mol. The number of halogens is 1. The number of amidine groups is 1. The van der Waals surface area contributed by atoms with Gasteiger partial charge in [0.2, 0.25) is 11.8 Å². The van der Waals surface area contributed by atoms with Gasteiger partial charge < -0.3 is 5.32 Å². The third kappa shape index (κ3) is 6.74. The number of aliphatic imine (C=N–C) groups is 1. The van der Waals surface area contributed by atoms with Gasteiger partial charge in [0.05, 0.1) is 5.69 Å². The van der Waals surface area contributed by atoms with Crippen LogP contribution in [0.15, 0.2) is 77.8 Å². The zero-order chi connectivity index (χ0) is 24.8. The molecule has 0 radical (unpaired) electrons. The van der Waals surface area contributed by atoms with E-state index >= 15 is 0 Å². The summed E-state index contributed by atoms with van der Waals surface area (Å²) in [5.74, 6) is -0.295. The largest absolute Gasteiger partial charge is 0.325 e. The highest BCUT2D eigenvalue weighted by molar-refractivity contribution is 8.15. The molecule has 0 aliphatic carbocycles. The van der Waals surface area contributed by atoms with Gasteiger partial charge in [0, 0.05) is 23.7 Å². The monoisotopic (exact) mass is 505 g/mol. The van der Waals surface area contributed by atoms with Crippen LogP contribution in [-0.4, -0.2) is 33.7 Å². The second-order valence-corrected chi connectivity index (χ2v) is 10.2. The summed E-state index contributed by atoms with van der Waals surface area (Å²) in [4.78, 5) is 32.8. The van der Waals surface area contributed by atoms with Gasteiger partial charge in [-0.2, -0.15) is 0 Å². The molecule has 1 unspecified atom stereocenters. The van der Waals surface area contributed by atoms with Crippen LogP contribution in [0.3, 0.4) is 0 Å². The topological polar surface area (TPSA) is 61.8 Å². The number of hydrogen-bond donors (Lipinski definition) is 1. The van der Waals surface area contributed by atoms with Crippen molar-refractivity contribution < 1.29 is 9.59 Å². The molecule has 0 bridgehead atoms. The molecule has 0 aromatic heterocycles. The van der Waals surface area contributed by atoms with E-state index < -0.39 is 5.25 Å². The highest BCUT2D eigenvalue weighted by Crippen LogP contribution is 2.31. The lowest BCUT2D eigenvalue weighted by Crippen LogP contribution is -2.45. The fourth-order valence-electron chi connectivity index (χ4n) is 3.97. The first-order valence-corrected chi connectivity index (χ1v) is 12.9. The number of carbonyl (C=O) groups is 2. The number of aryl methyl sites for hydroxylation is 3. The van der Waals surface area contributed by atoms with E-state index in [0.717, 1.165) is 29.7 Å². The van der Waals surface area contributed by atoms with Gasteiger partial charge in [-0.3, -0.25) is 14.5 Å². The summed E-state index contributed by atoms with van der Waals surface area (Å²) < 4.78 is 0. The lowest BCUT2D eigenvalue weighted by Gasteiger charge is -2.32.